The molecule has 0 aromatic carbocycles. The van der Waals surface area contributed by atoms with Crippen molar-refractivity contribution in [2.45, 2.75) is 24.4 Å². The lowest BCUT2D eigenvalue weighted by Gasteiger charge is -2.11. The van der Waals surface area contributed by atoms with Gasteiger partial charge in [0.1, 0.15) is 18.3 Å². The van der Waals surface area contributed by atoms with Crippen LogP contribution in [0.2, 0.25) is 0 Å². The molecule has 0 saturated carbocycles. The Bertz CT molecular complexity index is 114. The molecule has 5 N–H and O–H groups in total. The first-order chi connectivity index (χ1) is 5.20. The van der Waals surface area contributed by atoms with Gasteiger partial charge in [0.15, 0.2) is 0 Å². The molecule has 0 bridgehead atoms. The van der Waals surface area contributed by atoms with E-state index in [1.54, 1.807) is 0 Å². The first kappa shape index (κ1) is 8.89. The van der Waals surface area contributed by atoms with Crippen molar-refractivity contribution in [1.82, 2.24) is 0 Å². The van der Waals surface area contributed by atoms with Crippen LogP contribution in [-0.2, 0) is 4.74 Å². The standard InChI is InChI=1S/C6H13NO4/c7-1-3-5(9)6(10)4(2-8)11-3/h3-6,8-10H,1-2,7H2/t3-,4-,5+,6+/m1/s1. The number of rotatable bonds is 2. The normalized spacial score (nSPS) is 44.7. The summed E-state index contributed by atoms with van der Waals surface area (Å²) in [6, 6.07) is 0. The predicted molar refractivity (Wildman–Crippen MR) is 36.8 cm³/mol. The lowest BCUT2D eigenvalue weighted by atomic mass is 10.1. The molecule has 1 aliphatic rings. The first-order valence-electron chi connectivity index (χ1n) is 3.53. The van der Waals surface area contributed by atoms with Gasteiger partial charge in [-0.1, -0.05) is 0 Å². The summed E-state index contributed by atoms with van der Waals surface area (Å²) >= 11 is 0. The SMILES string of the molecule is NC[C@H]1O[C@H](CO)[C@H](O)[C@H]1O. The summed E-state index contributed by atoms with van der Waals surface area (Å²) < 4.78 is 5.01. The summed E-state index contributed by atoms with van der Waals surface area (Å²) in [5.74, 6) is 0. The van der Waals surface area contributed by atoms with Gasteiger partial charge in [-0.25, -0.2) is 0 Å². The molecule has 0 aromatic heterocycles. The fourth-order valence-corrected chi connectivity index (χ4v) is 1.17. The van der Waals surface area contributed by atoms with Crippen molar-refractivity contribution >= 4 is 0 Å². The van der Waals surface area contributed by atoms with Gasteiger partial charge in [0.25, 0.3) is 0 Å². The maximum absolute atomic E-state index is 9.19. The van der Waals surface area contributed by atoms with Crippen molar-refractivity contribution in [3.63, 3.8) is 0 Å². The van der Waals surface area contributed by atoms with Crippen LogP contribution < -0.4 is 5.73 Å². The van der Waals surface area contributed by atoms with E-state index in [9.17, 15) is 5.11 Å². The summed E-state index contributed by atoms with van der Waals surface area (Å²) in [6.45, 7) is -0.149. The molecule has 0 amide bonds. The third kappa shape index (κ3) is 1.52. The Morgan fingerprint density at radius 3 is 2.00 bits per heavy atom. The molecular weight excluding hydrogens is 150 g/mol. The minimum Gasteiger partial charge on any atom is -0.394 e. The number of ether oxygens (including phenoxy) is 1. The third-order valence-corrected chi connectivity index (χ3v) is 1.87. The minimum atomic E-state index is -1.02. The molecule has 11 heavy (non-hydrogen) atoms. The van der Waals surface area contributed by atoms with E-state index in [4.69, 9.17) is 20.7 Å². The molecule has 1 fully saturated rings. The van der Waals surface area contributed by atoms with Crippen LogP contribution in [0.5, 0.6) is 0 Å². The molecule has 5 heteroatoms. The van der Waals surface area contributed by atoms with Gasteiger partial charge >= 0.3 is 0 Å². The van der Waals surface area contributed by atoms with E-state index < -0.39 is 24.4 Å². The van der Waals surface area contributed by atoms with Crippen molar-refractivity contribution in [1.29, 1.82) is 0 Å². The highest BCUT2D eigenvalue weighted by molar-refractivity contribution is 4.90. The average molecular weight is 163 g/mol. The maximum Gasteiger partial charge on any atom is 0.111 e. The number of nitrogens with two attached hydrogens (primary N) is 1. The zero-order valence-electron chi connectivity index (χ0n) is 6.05. The molecule has 0 aliphatic carbocycles. The molecule has 0 aromatic rings. The van der Waals surface area contributed by atoms with Crippen molar-refractivity contribution in [2.75, 3.05) is 13.2 Å². The Balaban J connectivity index is 2.53. The summed E-state index contributed by atoms with van der Waals surface area (Å²) in [5, 5.41) is 27.0. The van der Waals surface area contributed by atoms with Crippen LogP contribution in [0.4, 0.5) is 0 Å². The van der Waals surface area contributed by atoms with Crippen LogP contribution in [0.15, 0.2) is 0 Å². The average Bonchev–Trinajstić information content (AvgIpc) is 2.30. The van der Waals surface area contributed by atoms with Gasteiger partial charge in [0, 0.05) is 6.54 Å². The summed E-state index contributed by atoms with van der Waals surface area (Å²) in [5.41, 5.74) is 5.23. The molecule has 66 valence electrons. The highest BCUT2D eigenvalue weighted by Crippen LogP contribution is 2.19. The second-order valence-electron chi connectivity index (χ2n) is 2.61. The fraction of sp³-hybridized carbons (Fsp3) is 1.00. The monoisotopic (exact) mass is 163 g/mol. The fourth-order valence-electron chi connectivity index (χ4n) is 1.17. The van der Waals surface area contributed by atoms with Crippen LogP contribution in [0, 0.1) is 0 Å². The highest BCUT2D eigenvalue weighted by Gasteiger charge is 2.41. The van der Waals surface area contributed by atoms with Gasteiger partial charge in [-0.05, 0) is 0 Å². The number of hydrogen-bond donors (Lipinski definition) is 4. The van der Waals surface area contributed by atoms with Crippen molar-refractivity contribution in [3.8, 4) is 0 Å². The minimum absolute atomic E-state index is 0.148. The molecule has 5 nitrogen and oxygen atoms in total. The van der Waals surface area contributed by atoms with Crippen molar-refractivity contribution < 1.29 is 20.1 Å². The molecule has 4 atom stereocenters. The molecule has 0 unspecified atom stereocenters. The molecule has 1 aliphatic heterocycles. The first-order valence-corrected chi connectivity index (χ1v) is 3.53. The van der Waals surface area contributed by atoms with E-state index in [-0.39, 0.29) is 13.2 Å². The van der Waals surface area contributed by atoms with Crippen LogP contribution in [0.25, 0.3) is 0 Å². The predicted octanol–water partition coefficient (Wildman–Crippen LogP) is -2.57. The number of aliphatic hydroxyl groups is 3. The number of hydrogen-bond acceptors (Lipinski definition) is 5. The maximum atomic E-state index is 9.19. The zero-order valence-corrected chi connectivity index (χ0v) is 6.05. The Morgan fingerprint density at radius 2 is 1.73 bits per heavy atom. The molecule has 0 spiro atoms. The Kier molecular flexibility index (Phi) is 2.80. The Labute approximate surface area is 64.4 Å². The lowest BCUT2D eigenvalue weighted by molar-refractivity contribution is -0.0193. The highest BCUT2D eigenvalue weighted by atomic mass is 16.6. The Hall–Kier alpha value is -0.200. The topological polar surface area (TPSA) is 95.9 Å². The van der Waals surface area contributed by atoms with Crippen molar-refractivity contribution in [3.05, 3.63) is 0 Å². The van der Waals surface area contributed by atoms with Crippen LogP contribution >= 0.6 is 0 Å². The summed E-state index contributed by atoms with van der Waals surface area (Å²) in [6.07, 6.45) is -3.24. The van der Waals surface area contributed by atoms with Crippen LogP contribution in [-0.4, -0.2) is 52.9 Å². The molecule has 1 heterocycles. The van der Waals surface area contributed by atoms with Gasteiger partial charge in [0.05, 0.1) is 12.7 Å². The molecule has 1 rings (SSSR count). The van der Waals surface area contributed by atoms with Gasteiger partial charge in [-0.15, -0.1) is 0 Å². The van der Waals surface area contributed by atoms with Crippen molar-refractivity contribution in [2.24, 2.45) is 5.73 Å². The van der Waals surface area contributed by atoms with Crippen LogP contribution in [0.1, 0.15) is 0 Å². The quantitative estimate of drug-likeness (QED) is 0.359. The summed E-state index contributed by atoms with van der Waals surface area (Å²) in [7, 11) is 0. The summed E-state index contributed by atoms with van der Waals surface area (Å²) in [4.78, 5) is 0. The Morgan fingerprint density at radius 1 is 1.18 bits per heavy atom. The lowest BCUT2D eigenvalue weighted by Crippen LogP contribution is -2.36. The molecular formula is C6H13NO4. The van der Waals surface area contributed by atoms with E-state index in [0.29, 0.717) is 0 Å². The van der Waals surface area contributed by atoms with E-state index in [0.717, 1.165) is 0 Å². The second-order valence-corrected chi connectivity index (χ2v) is 2.61. The largest absolute Gasteiger partial charge is 0.394 e. The van der Waals surface area contributed by atoms with Gasteiger partial charge in [-0.3, -0.25) is 0 Å². The van der Waals surface area contributed by atoms with E-state index in [2.05, 4.69) is 0 Å². The smallest absolute Gasteiger partial charge is 0.111 e. The zero-order chi connectivity index (χ0) is 8.43. The van der Waals surface area contributed by atoms with Gasteiger partial charge in [-0.2, -0.15) is 0 Å². The van der Waals surface area contributed by atoms with E-state index >= 15 is 0 Å². The van der Waals surface area contributed by atoms with Gasteiger partial charge < -0.3 is 25.8 Å². The molecule has 1 saturated heterocycles. The molecule has 0 radical (unpaired) electrons. The second kappa shape index (κ2) is 3.46. The van der Waals surface area contributed by atoms with E-state index in [1.165, 1.54) is 0 Å². The third-order valence-electron chi connectivity index (χ3n) is 1.87. The number of aliphatic hydroxyl groups excluding tert-OH is 3. The van der Waals surface area contributed by atoms with Crippen LogP contribution in [0.3, 0.4) is 0 Å². The van der Waals surface area contributed by atoms with E-state index in [1.807, 2.05) is 0 Å². The van der Waals surface area contributed by atoms with Gasteiger partial charge in [0.2, 0.25) is 0 Å².